The van der Waals surface area contributed by atoms with Gasteiger partial charge in [-0.25, -0.2) is 9.01 Å². The van der Waals surface area contributed by atoms with Crippen molar-refractivity contribution in [3.8, 4) is 0 Å². The second kappa shape index (κ2) is 11.0. The highest BCUT2D eigenvalue weighted by molar-refractivity contribution is 7.24. The molecule has 2 aliphatic rings. The second-order valence-corrected chi connectivity index (χ2v) is 6.68. The molecule has 1 aliphatic carbocycles. The van der Waals surface area contributed by atoms with Crippen LogP contribution < -0.4 is 10.8 Å². The Morgan fingerprint density at radius 3 is 2.82 bits per heavy atom. The van der Waals surface area contributed by atoms with Crippen molar-refractivity contribution in [3.63, 3.8) is 0 Å². The van der Waals surface area contributed by atoms with Crippen LogP contribution in [0.3, 0.4) is 0 Å². The number of hydroxylamine groups is 1. The van der Waals surface area contributed by atoms with Gasteiger partial charge in [0.05, 0.1) is 6.04 Å². The highest BCUT2D eigenvalue weighted by Crippen LogP contribution is 2.34. The summed E-state index contributed by atoms with van der Waals surface area (Å²) in [6.07, 6.45) is 14.0. The lowest BCUT2D eigenvalue weighted by molar-refractivity contribution is 0.253. The van der Waals surface area contributed by atoms with Crippen LogP contribution in [0.25, 0.3) is 0 Å². The molecule has 0 aromatic heterocycles. The van der Waals surface area contributed by atoms with Crippen LogP contribution in [-0.2, 0) is 4.62 Å². The quantitative estimate of drug-likeness (QED) is 0.356. The third-order valence-corrected chi connectivity index (χ3v) is 4.75. The van der Waals surface area contributed by atoms with Crippen molar-refractivity contribution >= 4 is 9.03 Å². The Kier molecular flexibility index (Phi) is 8.65. The Morgan fingerprint density at radius 2 is 2.11 bits per heavy atom. The molecule has 0 saturated carbocycles. The number of aryl methyl sites for hydroxylation is 1. The fourth-order valence-electron chi connectivity index (χ4n) is 3.07. The minimum Gasteiger partial charge on any atom is -0.380 e. The van der Waals surface area contributed by atoms with Gasteiger partial charge in [-0.05, 0) is 59.2 Å². The van der Waals surface area contributed by atoms with Crippen molar-refractivity contribution in [3.05, 3.63) is 94.6 Å². The van der Waals surface area contributed by atoms with E-state index in [-0.39, 0.29) is 17.8 Å². The summed E-state index contributed by atoms with van der Waals surface area (Å²) in [5.74, 6) is 0.0354. The average molecular weight is 402 g/mol. The molecule has 0 spiro atoms. The van der Waals surface area contributed by atoms with Crippen LogP contribution in [0.1, 0.15) is 37.9 Å². The van der Waals surface area contributed by atoms with Gasteiger partial charge in [-0.15, -0.1) is 0 Å². The summed E-state index contributed by atoms with van der Waals surface area (Å²) in [5, 5.41) is 3.37. The first-order valence-electron chi connectivity index (χ1n) is 9.39. The zero-order chi connectivity index (χ0) is 20.5. The Hall–Kier alpha value is -2.20. The molecular weight excluding hydrogens is 374 g/mol. The Balaban J connectivity index is 0.00000136. The van der Waals surface area contributed by atoms with E-state index in [2.05, 4.69) is 42.0 Å². The molecule has 3 unspecified atom stereocenters. The second-order valence-electron chi connectivity index (χ2n) is 6.29. The lowest BCUT2D eigenvalue weighted by atomic mass is 9.84. The molecule has 3 N–H and O–H groups in total. The number of halogens is 1. The van der Waals surface area contributed by atoms with Crippen molar-refractivity contribution < 1.29 is 13.9 Å². The summed E-state index contributed by atoms with van der Waals surface area (Å²) in [5.41, 5.74) is 7.52. The summed E-state index contributed by atoms with van der Waals surface area (Å²) >= 11 is 0. The summed E-state index contributed by atoms with van der Waals surface area (Å²) in [6, 6.07) is 5.16. The number of allylic oxidation sites excluding steroid dienone is 6. The standard InChI is InChI=1S/C20H22FN2O2P.C2H6/c1-13-5-6-15(11-17(13)12-23-25-26-24)18-4-3-9-22-20(18)16-7-8-19(21)14(2)10-16;1-2/h3-13,20,22-24,26H,1-2H3;1-2H3/b17-12-;. The van der Waals surface area contributed by atoms with Crippen molar-refractivity contribution in [1.82, 2.24) is 10.8 Å². The van der Waals surface area contributed by atoms with Crippen molar-refractivity contribution in [2.24, 2.45) is 5.92 Å². The highest BCUT2D eigenvalue weighted by Gasteiger charge is 2.22. The molecule has 6 heteroatoms. The zero-order valence-corrected chi connectivity index (χ0v) is 17.7. The summed E-state index contributed by atoms with van der Waals surface area (Å²) in [6.45, 7) is 7.86. The molecule has 28 heavy (non-hydrogen) atoms. The smallest absolute Gasteiger partial charge is 0.182 e. The number of benzene rings is 1. The first-order chi connectivity index (χ1) is 13.6. The molecule has 1 heterocycles. The Labute approximate surface area is 168 Å². The van der Waals surface area contributed by atoms with E-state index in [0.717, 1.165) is 22.3 Å². The number of nitrogens with one attached hydrogen (secondary N) is 2. The maximum absolute atomic E-state index is 13.6. The lowest BCUT2D eigenvalue weighted by Gasteiger charge is -2.27. The predicted octanol–water partition coefficient (Wildman–Crippen LogP) is 5.28. The molecule has 3 atom stereocenters. The predicted molar refractivity (Wildman–Crippen MR) is 115 cm³/mol. The van der Waals surface area contributed by atoms with E-state index in [0.29, 0.717) is 5.56 Å². The topological polar surface area (TPSA) is 53.5 Å². The van der Waals surface area contributed by atoms with Gasteiger partial charge in [-0.2, -0.15) is 0 Å². The fraction of sp³-hybridized carbons (Fsp3) is 0.273. The van der Waals surface area contributed by atoms with E-state index in [1.54, 1.807) is 13.1 Å². The Morgan fingerprint density at radius 1 is 1.32 bits per heavy atom. The molecule has 0 saturated heterocycles. The highest BCUT2D eigenvalue weighted by atomic mass is 31.1. The first kappa shape index (κ1) is 22.1. The number of hydrogen-bond donors (Lipinski definition) is 3. The zero-order valence-electron chi connectivity index (χ0n) is 16.7. The van der Waals surface area contributed by atoms with Crippen molar-refractivity contribution in [1.29, 1.82) is 0 Å². The Bertz CT molecular complexity index is 828. The van der Waals surface area contributed by atoms with Gasteiger partial charge in [0.15, 0.2) is 9.03 Å². The van der Waals surface area contributed by atoms with Crippen LogP contribution in [0.2, 0.25) is 0 Å². The molecule has 0 fully saturated rings. The van der Waals surface area contributed by atoms with E-state index in [1.807, 2.05) is 38.3 Å². The van der Waals surface area contributed by atoms with E-state index < -0.39 is 9.03 Å². The van der Waals surface area contributed by atoms with Crippen LogP contribution >= 0.6 is 9.03 Å². The minimum atomic E-state index is -0.612. The van der Waals surface area contributed by atoms with Gasteiger partial charge in [0.25, 0.3) is 0 Å². The van der Waals surface area contributed by atoms with Crippen molar-refractivity contribution in [2.75, 3.05) is 0 Å². The molecule has 3 rings (SSSR count). The first-order valence-corrected chi connectivity index (χ1v) is 10.3. The monoisotopic (exact) mass is 402 g/mol. The molecule has 1 aliphatic heterocycles. The molecule has 1 aromatic rings. The molecular formula is C22H28FN2O2P. The molecule has 4 nitrogen and oxygen atoms in total. The van der Waals surface area contributed by atoms with Crippen LogP contribution in [0.15, 0.2) is 77.7 Å². The van der Waals surface area contributed by atoms with E-state index in [9.17, 15) is 4.39 Å². The normalized spacial score (nSPS) is 22.4. The molecule has 0 bridgehead atoms. The van der Waals surface area contributed by atoms with Crippen LogP contribution in [-0.4, -0.2) is 4.89 Å². The van der Waals surface area contributed by atoms with E-state index >= 15 is 0 Å². The third-order valence-electron chi connectivity index (χ3n) is 4.54. The number of rotatable bonds is 5. The van der Waals surface area contributed by atoms with Crippen LogP contribution in [0.4, 0.5) is 4.39 Å². The summed E-state index contributed by atoms with van der Waals surface area (Å²) in [4.78, 5) is 8.75. The van der Waals surface area contributed by atoms with E-state index in [1.165, 1.54) is 6.07 Å². The minimum absolute atomic E-state index is 0.0482. The summed E-state index contributed by atoms with van der Waals surface area (Å²) in [7, 11) is -0.612. The number of hydrogen-bond acceptors (Lipinski definition) is 4. The van der Waals surface area contributed by atoms with Crippen LogP contribution in [0.5, 0.6) is 0 Å². The maximum atomic E-state index is 13.6. The lowest BCUT2D eigenvalue weighted by Crippen LogP contribution is -2.22. The van der Waals surface area contributed by atoms with Gasteiger partial charge < -0.3 is 10.2 Å². The van der Waals surface area contributed by atoms with Gasteiger partial charge in [0, 0.05) is 12.1 Å². The molecule has 1 aromatic carbocycles. The summed E-state index contributed by atoms with van der Waals surface area (Å²) < 4.78 is 18.5. The van der Waals surface area contributed by atoms with Gasteiger partial charge in [-0.3, -0.25) is 5.48 Å². The van der Waals surface area contributed by atoms with Gasteiger partial charge in [0.2, 0.25) is 0 Å². The fourth-order valence-corrected chi connectivity index (χ4v) is 3.18. The largest absolute Gasteiger partial charge is 0.380 e. The van der Waals surface area contributed by atoms with Crippen molar-refractivity contribution in [2.45, 2.75) is 33.7 Å². The molecule has 150 valence electrons. The number of dihydropyridines is 1. The van der Waals surface area contributed by atoms with E-state index in [4.69, 9.17) is 9.52 Å². The van der Waals surface area contributed by atoms with Gasteiger partial charge in [0.1, 0.15) is 5.82 Å². The average Bonchev–Trinajstić information content (AvgIpc) is 2.73. The van der Waals surface area contributed by atoms with Gasteiger partial charge in [-0.1, -0.05) is 51.1 Å². The SMILES string of the molecule is CC.Cc1cc(C2NC=CC=C2C2=C/C(=C/NOPO)C(C)C=C2)ccc1F. The third kappa shape index (κ3) is 5.41. The molecule has 0 radical (unpaired) electrons. The maximum Gasteiger partial charge on any atom is 0.182 e. The molecule has 0 amide bonds. The van der Waals surface area contributed by atoms with Crippen LogP contribution in [0, 0.1) is 18.7 Å². The van der Waals surface area contributed by atoms with Gasteiger partial charge >= 0.3 is 0 Å².